The van der Waals surface area contributed by atoms with Gasteiger partial charge in [-0.3, -0.25) is 5.10 Å². The first-order valence-corrected chi connectivity index (χ1v) is 6.00. The normalized spacial score (nSPS) is 11.7. The highest BCUT2D eigenvalue weighted by Gasteiger charge is 2.15. The number of nitrogens with one attached hydrogen (secondary N) is 1. The number of nitrogens with two attached hydrogens (primary N) is 1. The number of rotatable bonds is 2. The highest BCUT2D eigenvalue weighted by atomic mass is 32.1. The zero-order chi connectivity index (χ0) is 12.0. The van der Waals surface area contributed by atoms with E-state index in [-0.39, 0.29) is 0 Å². The van der Waals surface area contributed by atoms with E-state index in [1.54, 1.807) is 4.52 Å². The number of fused-ring (bicyclic) bond motifs is 1. The molecule has 88 valence electrons. The highest BCUT2D eigenvalue weighted by molar-refractivity contribution is 7.20. The largest absolute Gasteiger partial charge is 0.374 e. The molecular formula is C9H11N7S. The lowest BCUT2D eigenvalue weighted by atomic mass is 10.1. The molecule has 0 atom stereocenters. The fourth-order valence-corrected chi connectivity index (χ4v) is 2.14. The van der Waals surface area contributed by atoms with Gasteiger partial charge in [-0.15, -0.1) is 15.3 Å². The average molecular weight is 249 g/mol. The number of H-pyrrole nitrogens is 1. The zero-order valence-corrected chi connectivity index (χ0v) is 10.2. The molecule has 0 bridgehead atoms. The van der Waals surface area contributed by atoms with Crippen LogP contribution in [0.1, 0.15) is 25.5 Å². The molecule has 3 heterocycles. The van der Waals surface area contributed by atoms with Gasteiger partial charge in [0, 0.05) is 5.69 Å². The molecule has 0 aliphatic rings. The van der Waals surface area contributed by atoms with E-state index < -0.39 is 0 Å². The lowest BCUT2D eigenvalue weighted by Gasteiger charge is -1.96. The zero-order valence-electron chi connectivity index (χ0n) is 9.38. The van der Waals surface area contributed by atoms with Crippen molar-refractivity contribution in [1.29, 1.82) is 0 Å². The fraction of sp³-hybridized carbons (Fsp3) is 0.333. The summed E-state index contributed by atoms with van der Waals surface area (Å²) in [5, 5.41) is 19.9. The number of aromatic amines is 1. The van der Waals surface area contributed by atoms with Crippen LogP contribution in [-0.4, -0.2) is 30.0 Å². The van der Waals surface area contributed by atoms with Crippen molar-refractivity contribution < 1.29 is 0 Å². The predicted molar refractivity (Wildman–Crippen MR) is 64.7 cm³/mol. The SMILES string of the molecule is CC(C)c1cc(-c2nnc3sc(N)nn23)n[nH]1. The van der Waals surface area contributed by atoms with Gasteiger partial charge in [0.15, 0.2) is 0 Å². The number of aromatic nitrogens is 6. The van der Waals surface area contributed by atoms with Crippen molar-refractivity contribution in [3.8, 4) is 11.5 Å². The summed E-state index contributed by atoms with van der Waals surface area (Å²) in [5.41, 5.74) is 7.41. The highest BCUT2D eigenvalue weighted by Crippen LogP contribution is 2.23. The van der Waals surface area contributed by atoms with Crippen LogP contribution in [0.2, 0.25) is 0 Å². The van der Waals surface area contributed by atoms with Crippen LogP contribution in [0.25, 0.3) is 16.5 Å². The van der Waals surface area contributed by atoms with Crippen LogP contribution in [0, 0.1) is 0 Å². The number of hydrogen-bond donors (Lipinski definition) is 2. The van der Waals surface area contributed by atoms with E-state index in [1.165, 1.54) is 11.3 Å². The second-order valence-electron chi connectivity index (χ2n) is 4.02. The molecule has 0 fully saturated rings. The average Bonchev–Trinajstić information content (AvgIpc) is 2.90. The van der Waals surface area contributed by atoms with Crippen molar-refractivity contribution in [2.24, 2.45) is 0 Å². The van der Waals surface area contributed by atoms with Crippen LogP contribution in [0.15, 0.2) is 6.07 Å². The first-order valence-electron chi connectivity index (χ1n) is 5.18. The molecule has 3 N–H and O–H groups in total. The van der Waals surface area contributed by atoms with E-state index in [0.29, 0.717) is 21.8 Å². The van der Waals surface area contributed by atoms with Gasteiger partial charge in [0.1, 0.15) is 5.69 Å². The molecule has 0 spiro atoms. The van der Waals surface area contributed by atoms with Crippen molar-refractivity contribution in [3.05, 3.63) is 11.8 Å². The summed E-state index contributed by atoms with van der Waals surface area (Å²) in [6.07, 6.45) is 0. The quantitative estimate of drug-likeness (QED) is 0.713. The predicted octanol–water partition coefficient (Wildman–Crippen LogP) is 1.28. The topological polar surface area (TPSA) is 97.8 Å². The molecular weight excluding hydrogens is 238 g/mol. The molecule has 0 aromatic carbocycles. The second kappa shape index (κ2) is 3.52. The summed E-state index contributed by atoms with van der Waals surface area (Å²) < 4.78 is 1.61. The van der Waals surface area contributed by atoms with Crippen molar-refractivity contribution in [2.45, 2.75) is 19.8 Å². The van der Waals surface area contributed by atoms with E-state index in [0.717, 1.165) is 11.4 Å². The Balaban J connectivity index is 2.12. The summed E-state index contributed by atoms with van der Waals surface area (Å²) in [6.45, 7) is 4.19. The Morgan fingerprint density at radius 3 is 2.94 bits per heavy atom. The van der Waals surface area contributed by atoms with Gasteiger partial charge >= 0.3 is 0 Å². The summed E-state index contributed by atoms with van der Waals surface area (Å²) in [6, 6.07) is 1.96. The first-order chi connectivity index (χ1) is 8.15. The van der Waals surface area contributed by atoms with E-state index in [4.69, 9.17) is 5.73 Å². The first kappa shape index (κ1) is 10.2. The van der Waals surface area contributed by atoms with E-state index in [9.17, 15) is 0 Å². The van der Waals surface area contributed by atoms with Crippen LogP contribution < -0.4 is 5.73 Å². The summed E-state index contributed by atoms with van der Waals surface area (Å²) in [5.74, 6) is 0.997. The van der Waals surface area contributed by atoms with Crippen molar-refractivity contribution >= 4 is 21.4 Å². The lowest BCUT2D eigenvalue weighted by Crippen LogP contribution is -1.92. The maximum Gasteiger partial charge on any atom is 0.236 e. The maximum absolute atomic E-state index is 5.63. The lowest BCUT2D eigenvalue weighted by molar-refractivity contribution is 0.810. The molecule has 0 aliphatic heterocycles. The van der Waals surface area contributed by atoms with Crippen LogP contribution in [0.4, 0.5) is 5.13 Å². The minimum Gasteiger partial charge on any atom is -0.374 e. The van der Waals surface area contributed by atoms with Crippen LogP contribution in [0.5, 0.6) is 0 Å². The van der Waals surface area contributed by atoms with Crippen molar-refractivity contribution in [1.82, 2.24) is 30.0 Å². The Hall–Kier alpha value is -1.96. The smallest absolute Gasteiger partial charge is 0.236 e. The molecule has 0 radical (unpaired) electrons. The van der Waals surface area contributed by atoms with E-state index >= 15 is 0 Å². The number of hydrogen-bond acceptors (Lipinski definition) is 6. The van der Waals surface area contributed by atoms with Crippen LogP contribution in [-0.2, 0) is 0 Å². The third kappa shape index (κ3) is 1.57. The summed E-state index contributed by atoms with van der Waals surface area (Å²) >= 11 is 1.30. The molecule has 3 rings (SSSR count). The Kier molecular flexibility index (Phi) is 2.11. The van der Waals surface area contributed by atoms with Gasteiger partial charge in [-0.2, -0.15) is 9.61 Å². The van der Waals surface area contributed by atoms with Gasteiger partial charge in [0.25, 0.3) is 0 Å². The Morgan fingerprint density at radius 2 is 2.24 bits per heavy atom. The Morgan fingerprint density at radius 1 is 1.41 bits per heavy atom. The third-order valence-corrected chi connectivity index (χ3v) is 3.18. The Bertz CT molecular complexity index is 662. The second-order valence-corrected chi connectivity index (χ2v) is 5.01. The molecule has 17 heavy (non-hydrogen) atoms. The molecule has 3 aromatic heterocycles. The molecule has 0 saturated heterocycles. The molecule has 0 aliphatic carbocycles. The fourth-order valence-electron chi connectivity index (χ4n) is 1.54. The molecule has 0 saturated carbocycles. The summed E-state index contributed by atoms with van der Waals surface area (Å²) in [4.78, 5) is 0.673. The van der Waals surface area contributed by atoms with Crippen LogP contribution in [0.3, 0.4) is 0 Å². The monoisotopic (exact) mass is 249 g/mol. The number of anilines is 1. The number of nitrogen functional groups attached to an aromatic ring is 1. The minimum absolute atomic E-state index is 0.389. The standard InChI is InChI=1S/C9H11N7S/c1-4(2)5-3-6(12-11-5)7-13-14-9-16(7)15-8(10)17-9/h3-4H,1-2H3,(H2,10,15)(H,11,12). The van der Waals surface area contributed by atoms with E-state index in [1.807, 2.05) is 6.07 Å². The van der Waals surface area contributed by atoms with Gasteiger partial charge in [0.05, 0.1) is 0 Å². The minimum atomic E-state index is 0.389. The third-order valence-electron chi connectivity index (χ3n) is 2.46. The Labute approximate surface area is 101 Å². The molecule has 8 heteroatoms. The molecule has 0 amide bonds. The number of nitrogens with zero attached hydrogens (tertiary/aromatic N) is 5. The van der Waals surface area contributed by atoms with Crippen LogP contribution >= 0.6 is 11.3 Å². The van der Waals surface area contributed by atoms with E-state index in [2.05, 4.69) is 39.3 Å². The summed E-state index contributed by atoms with van der Waals surface area (Å²) in [7, 11) is 0. The molecule has 3 aromatic rings. The van der Waals surface area contributed by atoms with Crippen molar-refractivity contribution in [2.75, 3.05) is 5.73 Å². The molecule has 7 nitrogen and oxygen atoms in total. The van der Waals surface area contributed by atoms with Gasteiger partial charge in [-0.25, -0.2) is 0 Å². The van der Waals surface area contributed by atoms with Gasteiger partial charge < -0.3 is 5.73 Å². The van der Waals surface area contributed by atoms with Gasteiger partial charge in [-0.1, -0.05) is 25.2 Å². The van der Waals surface area contributed by atoms with Gasteiger partial charge in [0.2, 0.25) is 15.9 Å². The molecule has 0 unspecified atom stereocenters. The maximum atomic E-state index is 5.63. The van der Waals surface area contributed by atoms with Gasteiger partial charge in [-0.05, 0) is 12.0 Å². The van der Waals surface area contributed by atoms with Crippen molar-refractivity contribution in [3.63, 3.8) is 0 Å².